The summed E-state index contributed by atoms with van der Waals surface area (Å²) in [6.07, 6.45) is 15.4. The molecule has 0 aromatic heterocycles. The van der Waals surface area contributed by atoms with Crippen molar-refractivity contribution < 1.29 is 19.2 Å². The van der Waals surface area contributed by atoms with Crippen molar-refractivity contribution in [1.82, 2.24) is 0 Å². The van der Waals surface area contributed by atoms with Gasteiger partial charge in [-0.05, 0) is 12.8 Å². The molecule has 0 saturated carbocycles. The lowest BCUT2D eigenvalue weighted by molar-refractivity contribution is -0.853. The predicted octanol–water partition coefficient (Wildman–Crippen LogP) is 6.58. The zero-order valence-corrected chi connectivity index (χ0v) is 23.0. The largest absolute Gasteiger partial charge is 0.344 e. The third kappa shape index (κ3) is 6.56. The fourth-order valence-electron chi connectivity index (χ4n) is 5.69. The van der Waals surface area contributed by atoms with Gasteiger partial charge < -0.3 is 10.2 Å². The maximum atomic E-state index is 10.7. The molecule has 2 aliphatic rings. The molecule has 38 heavy (non-hydrogen) atoms. The number of amidine groups is 2. The number of aliphatic hydroxyl groups is 2. The molecule has 0 amide bonds. The first-order valence-corrected chi connectivity index (χ1v) is 14.1. The van der Waals surface area contributed by atoms with Crippen molar-refractivity contribution in [2.75, 3.05) is 0 Å². The van der Waals surface area contributed by atoms with Crippen molar-refractivity contribution in [2.24, 2.45) is 9.98 Å². The van der Waals surface area contributed by atoms with Crippen LogP contribution >= 0.6 is 0 Å². The Morgan fingerprint density at radius 1 is 0.579 bits per heavy atom. The van der Waals surface area contributed by atoms with Gasteiger partial charge in [0.05, 0.1) is 12.4 Å². The van der Waals surface area contributed by atoms with Crippen LogP contribution in [0.3, 0.4) is 0 Å². The Morgan fingerprint density at radius 2 is 0.947 bits per heavy atom. The number of quaternary nitrogens is 2. The van der Waals surface area contributed by atoms with Gasteiger partial charge in [-0.15, -0.1) is 0 Å². The molecule has 0 aliphatic carbocycles. The molecule has 6 heteroatoms. The van der Waals surface area contributed by atoms with Crippen LogP contribution < -0.4 is 0 Å². The second-order valence-corrected chi connectivity index (χ2v) is 10.7. The molecule has 2 aromatic rings. The van der Waals surface area contributed by atoms with Crippen LogP contribution in [0.25, 0.3) is 0 Å². The number of unbranched alkanes of at least 4 members (excludes halogenated alkanes) is 5. The molecule has 4 rings (SSSR count). The lowest BCUT2D eigenvalue weighted by atomic mass is 10.1. The second-order valence-electron chi connectivity index (χ2n) is 10.7. The van der Waals surface area contributed by atoms with Gasteiger partial charge in [0.2, 0.25) is 11.7 Å². The van der Waals surface area contributed by atoms with Crippen LogP contribution in [0.1, 0.15) is 76.3 Å². The van der Waals surface area contributed by atoms with Crippen molar-refractivity contribution in [3.63, 3.8) is 0 Å². The number of aliphatic imine (C=N–C) groups is 2. The Hall–Kier alpha value is -2.90. The molecule has 0 radical (unpaired) electrons. The van der Waals surface area contributed by atoms with Gasteiger partial charge in [0.15, 0.2) is 12.5 Å². The normalized spacial score (nSPS) is 23.9. The smallest absolute Gasteiger partial charge is 0.210 e. The van der Waals surface area contributed by atoms with Crippen LogP contribution in [0.4, 0.5) is 0 Å². The molecular weight excluding hydrogens is 472 g/mol. The highest BCUT2D eigenvalue weighted by molar-refractivity contribution is 5.79. The van der Waals surface area contributed by atoms with E-state index < -0.39 is 12.5 Å². The van der Waals surface area contributed by atoms with Gasteiger partial charge in [0, 0.05) is 37.8 Å². The fraction of sp³-hybridized carbons (Fsp3) is 0.438. The highest BCUT2D eigenvalue weighted by atomic mass is 16.3. The van der Waals surface area contributed by atoms with E-state index in [0.717, 1.165) is 63.3 Å². The Balaban J connectivity index is 1.18. The fourth-order valence-corrected chi connectivity index (χ4v) is 5.69. The van der Waals surface area contributed by atoms with Crippen molar-refractivity contribution in [1.29, 1.82) is 0 Å². The number of hydrogen-bond donors (Lipinski definition) is 2. The summed E-state index contributed by atoms with van der Waals surface area (Å²) in [5, 5.41) is 21.4. The maximum absolute atomic E-state index is 10.7. The highest BCUT2D eigenvalue weighted by Gasteiger charge is 2.40. The summed E-state index contributed by atoms with van der Waals surface area (Å²) in [4.78, 5) is 9.33. The Kier molecular flexibility index (Phi) is 9.80. The lowest BCUT2D eigenvalue weighted by Crippen LogP contribution is -2.52. The molecule has 2 aromatic carbocycles. The minimum absolute atomic E-state index is 0.409. The van der Waals surface area contributed by atoms with Crippen molar-refractivity contribution in [3.8, 4) is 0 Å². The van der Waals surface area contributed by atoms with Gasteiger partial charge >= 0.3 is 0 Å². The van der Waals surface area contributed by atoms with Crippen molar-refractivity contribution >= 4 is 11.7 Å². The predicted molar refractivity (Wildman–Crippen MR) is 154 cm³/mol. The molecule has 4 atom stereocenters. The van der Waals surface area contributed by atoms with Crippen molar-refractivity contribution in [3.05, 3.63) is 96.6 Å². The van der Waals surface area contributed by atoms with Crippen LogP contribution in [0.5, 0.6) is 0 Å². The van der Waals surface area contributed by atoms with E-state index in [1.165, 1.54) is 24.0 Å². The number of aliphatic hydroxyl groups excluding tert-OH is 2. The quantitative estimate of drug-likeness (QED) is 0.207. The molecule has 0 spiro atoms. The van der Waals surface area contributed by atoms with Crippen LogP contribution in [-0.4, -0.2) is 43.3 Å². The van der Waals surface area contributed by atoms with E-state index in [4.69, 9.17) is 0 Å². The van der Waals surface area contributed by atoms with E-state index in [1.54, 1.807) is 0 Å². The topological polar surface area (TPSA) is 65.2 Å². The summed E-state index contributed by atoms with van der Waals surface area (Å²) in [5.74, 6) is 2.11. The first-order valence-electron chi connectivity index (χ1n) is 14.1. The number of rotatable bonds is 15. The summed E-state index contributed by atoms with van der Waals surface area (Å²) in [6, 6.07) is 20.7. The van der Waals surface area contributed by atoms with E-state index in [9.17, 15) is 10.2 Å². The van der Waals surface area contributed by atoms with Crippen LogP contribution in [0.15, 0.2) is 95.4 Å². The Morgan fingerprint density at radius 3 is 1.32 bits per heavy atom. The van der Waals surface area contributed by atoms with E-state index in [1.807, 2.05) is 75.0 Å². The minimum atomic E-state index is -0.533. The zero-order valence-electron chi connectivity index (χ0n) is 23.0. The molecule has 0 saturated heterocycles. The van der Waals surface area contributed by atoms with E-state index >= 15 is 0 Å². The number of hydrogen-bond acceptors (Lipinski definition) is 4. The molecule has 202 valence electrons. The van der Waals surface area contributed by atoms with Gasteiger partial charge in [0.25, 0.3) is 0 Å². The van der Waals surface area contributed by atoms with Gasteiger partial charge in [-0.3, -0.25) is 0 Å². The maximum Gasteiger partial charge on any atom is 0.210 e. The third-order valence-corrected chi connectivity index (χ3v) is 8.03. The monoisotopic (exact) mass is 516 g/mol. The number of benzene rings is 2. The third-order valence-electron chi connectivity index (χ3n) is 8.03. The van der Waals surface area contributed by atoms with E-state index in [-0.39, 0.29) is 0 Å². The average molecular weight is 517 g/mol. The first-order chi connectivity index (χ1) is 18.5. The van der Waals surface area contributed by atoms with Gasteiger partial charge in [-0.25, -0.2) is 19.0 Å². The summed E-state index contributed by atoms with van der Waals surface area (Å²) in [6.45, 7) is 5.18. The molecule has 0 bridgehead atoms. The van der Waals surface area contributed by atoms with E-state index in [0.29, 0.717) is 8.97 Å². The molecule has 0 fully saturated rings. The minimum Gasteiger partial charge on any atom is -0.344 e. The SMILES string of the molecule is CC(O)[N+]1(Cc2ccccc2)C=CN=C1CCCCCCCCC1=NC=C[N+]1(Cc1ccccc1)C(C)O. The summed E-state index contributed by atoms with van der Waals surface area (Å²) in [7, 11) is 0. The zero-order chi connectivity index (χ0) is 26.8. The Labute approximate surface area is 228 Å². The van der Waals surface area contributed by atoms with Gasteiger partial charge in [-0.1, -0.05) is 86.3 Å². The molecule has 2 N–H and O–H groups in total. The van der Waals surface area contributed by atoms with Crippen LogP contribution in [-0.2, 0) is 13.1 Å². The average Bonchev–Trinajstić information content (AvgIpc) is 3.52. The lowest BCUT2D eigenvalue weighted by Gasteiger charge is -2.35. The molecule has 4 unspecified atom stereocenters. The van der Waals surface area contributed by atoms with Gasteiger partial charge in [0.1, 0.15) is 25.5 Å². The molecule has 6 nitrogen and oxygen atoms in total. The second kappa shape index (κ2) is 13.3. The Bertz CT molecular complexity index is 1050. The summed E-state index contributed by atoms with van der Waals surface area (Å²) in [5.41, 5.74) is 2.41. The summed E-state index contributed by atoms with van der Waals surface area (Å²) < 4.78 is 0.818. The highest BCUT2D eigenvalue weighted by Crippen LogP contribution is 2.29. The molecule has 2 aliphatic heterocycles. The van der Waals surface area contributed by atoms with Crippen LogP contribution in [0.2, 0.25) is 0 Å². The first kappa shape index (κ1) is 28.1. The van der Waals surface area contributed by atoms with Crippen LogP contribution in [0, 0.1) is 0 Å². The molecule has 2 heterocycles. The standard InChI is InChI=1S/C32H44N4O2/c1-27(37)35(25-29-15-9-7-10-16-29)23-21-33-31(35)19-13-5-3-4-6-14-20-32-34-22-24-36(32,28(2)38)26-30-17-11-8-12-18-30/h7-12,15-18,21-24,27-28,37-38H,3-6,13-14,19-20,25-26H2,1-2H3/q+2. The number of nitrogens with zero attached hydrogens (tertiary/aromatic N) is 4. The van der Waals surface area contributed by atoms with Gasteiger partial charge in [-0.2, -0.15) is 0 Å². The van der Waals surface area contributed by atoms with E-state index in [2.05, 4.69) is 34.3 Å². The van der Waals surface area contributed by atoms with Crippen molar-refractivity contribution in [2.45, 2.75) is 90.8 Å². The summed E-state index contributed by atoms with van der Waals surface area (Å²) >= 11 is 0. The molecular formula is C32H44N4O2+2.